The molecule has 0 atom stereocenters. The van der Waals surface area contributed by atoms with Gasteiger partial charge in [0.15, 0.2) is 0 Å². The molecule has 0 amide bonds. The van der Waals surface area contributed by atoms with Crippen LogP contribution in [0.15, 0.2) is 122 Å². The van der Waals surface area contributed by atoms with Crippen molar-refractivity contribution in [3.05, 3.63) is 144 Å². The van der Waals surface area contributed by atoms with Crippen molar-refractivity contribution in [2.45, 2.75) is 66.2 Å². The summed E-state index contributed by atoms with van der Waals surface area (Å²) in [5.74, 6) is 2.40. The number of ether oxygens (including phenoxy) is 1. The number of imidazole rings is 1. The number of hydrogen-bond acceptors (Lipinski definition) is 3. The van der Waals surface area contributed by atoms with Crippen molar-refractivity contribution >= 4 is 49.1 Å². The number of benzene rings is 5. The molecule has 0 bridgehead atoms. The van der Waals surface area contributed by atoms with E-state index in [1.165, 1.54) is 49.5 Å². The summed E-state index contributed by atoms with van der Waals surface area (Å²) in [7, 11) is 0. The number of pyridine rings is 2. The highest BCUT2D eigenvalue weighted by Gasteiger charge is 2.27. The minimum absolute atomic E-state index is 0.0319. The molecule has 0 radical (unpaired) electrons. The Hall–Kier alpha value is -5.94. The van der Waals surface area contributed by atoms with Crippen molar-refractivity contribution in [1.29, 1.82) is 0 Å². The molecule has 9 aromatic rings. The zero-order valence-electron chi connectivity index (χ0n) is 31.7. The fourth-order valence-electron chi connectivity index (χ4n) is 8.16. The van der Waals surface area contributed by atoms with Crippen molar-refractivity contribution in [1.82, 2.24) is 18.9 Å². The smallest absolute Gasteiger partial charge is 0.145 e. The molecule has 0 N–H and O–H groups in total. The van der Waals surface area contributed by atoms with E-state index in [0.29, 0.717) is 0 Å². The fraction of sp³-hybridized carbons (Fsp3) is 0.208. The Bertz CT molecular complexity index is 2880. The van der Waals surface area contributed by atoms with E-state index in [-0.39, 0.29) is 10.8 Å². The fourth-order valence-corrected chi connectivity index (χ4v) is 8.16. The Morgan fingerprint density at radius 3 is 1.98 bits per heavy atom. The maximum atomic E-state index is 6.76. The molecule has 5 heteroatoms. The minimum Gasteiger partial charge on any atom is -0.457 e. The predicted octanol–water partition coefficient (Wildman–Crippen LogP) is 12.8. The topological polar surface area (TPSA) is 44.3 Å². The van der Waals surface area contributed by atoms with Gasteiger partial charge in [0.25, 0.3) is 0 Å². The van der Waals surface area contributed by atoms with Crippen molar-refractivity contribution in [3.63, 3.8) is 0 Å². The zero-order chi connectivity index (χ0) is 36.8. The number of aryl methyl sites for hydroxylation is 2. The first-order valence-electron chi connectivity index (χ1n) is 18.5. The Kier molecular flexibility index (Phi) is 7.33. The molecule has 262 valence electrons. The predicted molar refractivity (Wildman–Crippen MR) is 221 cm³/mol. The lowest BCUT2D eigenvalue weighted by Gasteiger charge is -2.28. The number of fused-ring (bicyclic) bond motifs is 9. The van der Waals surface area contributed by atoms with Crippen molar-refractivity contribution in [2.75, 3.05) is 0 Å². The molecule has 0 unspecified atom stereocenters. The number of para-hydroxylation sites is 1. The van der Waals surface area contributed by atoms with Gasteiger partial charge in [-0.2, -0.15) is 0 Å². The SMILES string of the molecule is Cc1cccc(C)c1-c1cnc2c3cc(Oc4ccc5c6ccccc6n(-c6ccccn6)c5c4)ccc3c3c(C(C)(C)C)cc(C(C)(C)C)cc3n12. The van der Waals surface area contributed by atoms with Gasteiger partial charge in [-0.25, -0.2) is 9.97 Å². The van der Waals surface area contributed by atoms with E-state index in [9.17, 15) is 0 Å². The highest BCUT2D eigenvalue weighted by atomic mass is 16.5. The average molecular weight is 693 g/mol. The Labute approximate surface area is 310 Å². The first kappa shape index (κ1) is 32.9. The van der Waals surface area contributed by atoms with E-state index in [0.717, 1.165) is 50.5 Å². The maximum Gasteiger partial charge on any atom is 0.145 e. The molecule has 0 fully saturated rings. The second-order valence-electron chi connectivity index (χ2n) is 16.5. The third-order valence-corrected chi connectivity index (χ3v) is 10.8. The molecule has 0 aliphatic heterocycles. The number of rotatable bonds is 4. The molecule has 9 rings (SSSR count). The molecule has 0 saturated carbocycles. The summed E-state index contributed by atoms with van der Waals surface area (Å²) in [6, 6.07) is 38.7. The Balaban J connectivity index is 1.30. The van der Waals surface area contributed by atoms with E-state index in [2.05, 4.69) is 162 Å². The second-order valence-corrected chi connectivity index (χ2v) is 16.5. The average Bonchev–Trinajstić information content (AvgIpc) is 3.71. The summed E-state index contributed by atoms with van der Waals surface area (Å²) < 4.78 is 11.4. The molecule has 0 saturated heterocycles. The van der Waals surface area contributed by atoms with Gasteiger partial charge in [-0.15, -0.1) is 0 Å². The van der Waals surface area contributed by atoms with Gasteiger partial charge in [-0.1, -0.05) is 90.1 Å². The van der Waals surface area contributed by atoms with E-state index >= 15 is 0 Å². The van der Waals surface area contributed by atoms with Crippen LogP contribution in [0.25, 0.3) is 66.2 Å². The van der Waals surface area contributed by atoms with Crippen LogP contribution in [0.4, 0.5) is 0 Å². The van der Waals surface area contributed by atoms with Gasteiger partial charge in [-0.05, 0) is 107 Å². The van der Waals surface area contributed by atoms with Crippen LogP contribution in [0, 0.1) is 13.8 Å². The van der Waals surface area contributed by atoms with Crippen molar-refractivity contribution in [2.24, 2.45) is 0 Å². The van der Waals surface area contributed by atoms with E-state index in [1.807, 2.05) is 24.4 Å². The second kappa shape index (κ2) is 11.8. The molecule has 0 aliphatic carbocycles. The number of nitrogens with zero attached hydrogens (tertiary/aromatic N) is 4. The first-order chi connectivity index (χ1) is 25.4. The van der Waals surface area contributed by atoms with Crippen LogP contribution in [-0.4, -0.2) is 18.9 Å². The molecular weight excluding hydrogens is 649 g/mol. The van der Waals surface area contributed by atoms with E-state index < -0.39 is 0 Å². The molecule has 4 heterocycles. The minimum atomic E-state index is -0.101. The normalized spacial score (nSPS) is 12.5. The third-order valence-electron chi connectivity index (χ3n) is 10.8. The third kappa shape index (κ3) is 5.29. The molecule has 5 aromatic carbocycles. The number of hydrogen-bond donors (Lipinski definition) is 0. The molecule has 4 aromatic heterocycles. The van der Waals surface area contributed by atoms with Gasteiger partial charge in [0, 0.05) is 39.4 Å². The lowest BCUT2D eigenvalue weighted by Crippen LogP contribution is -2.17. The van der Waals surface area contributed by atoms with Crippen molar-refractivity contribution < 1.29 is 4.74 Å². The lowest BCUT2D eigenvalue weighted by atomic mass is 9.78. The monoisotopic (exact) mass is 692 g/mol. The van der Waals surface area contributed by atoms with E-state index in [1.54, 1.807) is 0 Å². The van der Waals surface area contributed by atoms with Gasteiger partial charge < -0.3 is 4.74 Å². The van der Waals surface area contributed by atoms with Gasteiger partial charge in [0.05, 0.1) is 28.4 Å². The van der Waals surface area contributed by atoms with Crippen LogP contribution in [0.1, 0.15) is 63.8 Å². The van der Waals surface area contributed by atoms with Crippen LogP contribution in [-0.2, 0) is 10.8 Å². The van der Waals surface area contributed by atoms with Crippen LogP contribution in [0.5, 0.6) is 11.5 Å². The van der Waals surface area contributed by atoms with Gasteiger partial charge >= 0.3 is 0 Å². The summed E-state index contributed by atoms with van der Waals surface area (Å²) in [4.78, 5) is 9.91. The molecule has 5 nitrogen and oxygen atoms in total. The summed E-state index contributed by atoms with van der Waals surface area (Å²) >= 11 is 0. The Morgan fingerprint density at radius 2 is 1.26 bits per heavy atom. The van der Waals surface area contributed by atoms with Crippen LogP contribution < -0.4 is 4.74 Å². The summed E-state index contributed by atoms with van der Waals surface area (Å²) in [5.41, 5.74) is 11.6. The molecular formula is C48H44N4O. The van der Waals surface area contributed by atoms with Crippen molar-refractivity contribution in [3.8, 4) is 28.6 Å². The molecule has 0 spiro atoms. The zero-order valence-corrected chi connectivity index (χ0v) is 31.7. The maximum absolute atomic E-state index is 6.76. The van der Waals surface area contributed by atoms with Crippen LogP contribution in [0.2, 0.25) is 0 Å². The largest absolute Gasteiger partial charge is 0.457 e. The highest BCUT2D eigenvalue weighted by molar-refractivity contribution is 6.15. The standard InChI is InChI=1S/C48H44N4O/c1-29-14-13-15-30(2)44(29)42-28-50-46-37-26-32(20-22-36(37)45-38(48(6,7)8)24-31(47(3,4)5)25-41(45)52(42)46)53-33-19-21-35-34-16-9-10-17-39(34)51(40(35)27-33)43-18-11-12-23-49-43/h9-28H,1-8H3. The van der Waals surface area contributed by atoms with Gasteiger partial charge in [0.1, 0.15) is 23.0 Å². The quantitative estimate of drug-likeness (QED) is 0.172. The summed E-state index contributed by atoms with van der Waals surface area (Å²) in [6.07, 6.45) is 3.90. The van der Waals surface area contributed by atoms with Gasteiger partial charge in [-0.3, -0.25) is 8.97 Å². The first-order valence-corrected chi connectivity index (χ1v) is 18.5. The highest BCUT2D eigenvalue weighted by Crippen LogP contribution is 2.43. The van der Waals surface area contributed by atoms with Gasteiger partial charge in [0.2, 0.25) is 0 Å². The number of aromatic nitrogens is 4. The summed E-state index contributed by atoms with van der Waals surface area (Å²) in [6.45, 7) is 18.3. The van der Waals surface area contributed by atoms with Crippen LogP contribution >= 0.6 is 0 Å². The molecule has 53 heavy (non-hydrogen) atoms. The van der Waals surface area contributed by atoms with Crippen LogP contribution in [0.3, 0.4) is 0 Å². The van der Waals surface area contributed by atoms with E-state index in [4.69, 9.17) is 14.7 Å². The summed E-state index contributed by atoms with van der Waals surface area (Å²) in [5, 5.41) is 5.83. The Morgan fingerprint density at radius 1 is 0.566 bits per heavy atom. The molecule has 0 aliphatic rings. The lowest BCUT2D eigenvalue weighted by molar-refractivity contribution is 0.484.